The summed E-state index contributed by atoms with van der Waals surface area (Å²) in [6, 6.07) is 9.41. The molecule has 0 amide bonds. The Morgan fingerprint density at radius 2 is 1.88 bits per heavy atom. The molecule has 0 fully saturated rings. The standard InChI is InChI=1S/C12H20N2O2S/c1-3-12(14-17(2,15)16)11(13)9-10-7-5-4-6-8-10/h4-8,11-12,14H,3,9,13H2,1-2H3. The van der Waals surface area contributed by atoms with Gasteiger partial charge in [0.1, 0.15) is 0 Å². The molecule has 3 N–H and O–H groups in total. The lowest BCUT2D eigenvalue weighted by Crippen LogP contribution is -2.47. The van der Waals surface area contributed by atoms with Crippen LogP contribution in [-0.4, -0.2) is 26.8 Å². The van der Waals surface area contributed by atoms with Crippen LogP contribution in [-0.2, 0) is 16.4 Å². The van der Waals surface area contributed by atoms with E-state index in [9.17, 15) is 8.42 Å². The minimum Gasteiger partial charge on any atom is -0.326 e. The van der Waals surface area contributed by atoms with Gasteiger partial charge in [-0.05, 0) is 18.4 Å². The molecule has 4 nitrogen and oxygen atoms in total. The molecule has 0 saturated heterocycles. The molecule has 0 aliphatic carbocycles. The zero-order valence-corrected chi connectivity index (χ0v) is 11.1. The first-order chi connectivity index (χ1) is 7.92. The quantitative estimate of drug-likeness (QED) is 0.794. The number of hydrogen-bond acceptors (Lipinski definition) is 3. The van der Waals surface area contributed by atoms with Gasteiger partial charge in [-0.1, -0.05) is 37.3 Å². The van der Waals surface area contributed by atoms with Crippen LogP contribution < -0.4 is 10.5 Å². The van der Waals surface area contributed by atoms with Crippen LogP contribution >= 0.6 is 0 Å². The summed E-state index contributed by atoms with van der Waals surface area (Å²) in [6.07, 6.45) is 2.51. The van der Waals surface area contributed by atoms with E-state index in [1.165, 1.54) is 0 Å². The van der Waals surface area contributed by atoms with Crippen molar-refractivity contribution in [3.05, 3.63) is 35.9 Å². The number of nitrogens with two attached hydrogens (primary N) is 1. The van der Waals surface area contributed by atoms with E-state index in [1.54, 1.807) is 0 Å². The third-order valence-corrected chi connectivity index (χ3v) is 3.37. The predicted octanol–water partition coefficient (Wildman–Crippen LogP) is 0.884. The molecule has 0 radical (unpaired) electrons. The molecule has 1 aromatic carbocycles. The molecule has 2 atom stereocenters. The molecule has 5 heteroatoms. The maximum Gasteiger partial charge on any atom is 0.209 e. The van der Waals surface area contributed by atoms with Crippen LogP contribution in [0.3, 0.4) is 0 Å². The van der Waals surface area contributed by atoms with Gasteiger partial charge < -0.3 is 5.73 Å². The van der Waals surface area contributed by atoms with Gasteiger partial charge in [-0.25, -0.2) is 13.1 Å². The van der Waals surface area contributed by atoms with Gasteiger partial charge in [-0.2, -0.15) is 0 Å². The average Bonchev–Trinajstić information content (AvgIpc) is 2.26. The van der Waals surface area contributed by atoms with Crippen molar-refractivity contribution < 1.29 is 8.42 Å². The topological polar surface area (TPSA) is 72.2 Å². The molecule has 1 aromatic rings. The second kappa shape index (κ2) is 6.14. The fourth-order valence-electron chi connectivity index (χ4n) is 1.78. The molecule has 96 valence electrons. The highest BCUT2D eigenvalue weighted by Crippen LogP contribution is 2.07. The van der Waals surface area contributed by atoms with Crippen LogP contribution in [0.2, 0.25) is 0 Å². The van der Waals surface area contributed by atoms with E-state index in [0.717, 1.165) is 11.8 Å². The van der Waals surface area contributed by atoms with Crippen molar-refractivity contribution in [2.75, 3.05) is 6.26 Å². The summed E-state index contributed by atoms with van der Waals surface area (Å²) < 4.78 is 25.0. The molecule has 0 bridgehead atoms. The van der Waals surface area contributed by atoms with Crippen LogP contribution in [0.4, 0.5) is 0 Å². The van der Waals surface area contributed by atoms with E-state index < -0.39 is 10.0 Å². The molecule has 0 saturated carbocycles. The molecule has 17 heavy (non-hydrogen) atoms. The van der Waals surface area contributed by atoms with Crippen LogP contribution in [0.15, 0.2) is 30.3 Å². The molecular weight excluding hydrogens is 236 g/mol. The van der Waals surface area contributed by atoms with E-state index in [0.29, 0.717) is 12.8 Å². The Morgan fingerprint density at radius 3 is 2.35 bits per heavy atom. The Hall–Kier alpha value is -0.910. The van der Waals surface area contributed by atoms with Gasteiger partial charge in [0.25, 0.3) is 0 Å². The largest absolute Gasteiger partial charge is 0.326 e. The van der Waals surface area contributed by atoms with Gasteiger partial charge in [0, 0.05) is 12.1 Å². The molecule has 0 aliphatic rings. The van der Waals surface area contributed by atoms with Crippen molar-refractivity contribution in [2.24, 2.45) is 5.73 Å². The maximum atomic E-state index is 11.2. The monoisotopic (exact) mass is 256 g/mol. The normalized spacial score (nSPS) is 15.5. The number of hydrogen-bond donors (Lipinski definition) is 2. The molecular formula is C12H20N2O2S. The summed E-state index contributed by atoms with van der Waals surface area (Å²) >= 11 is 0. The van der Waals surface area contributed by atoms with Gasteiger partial charge in [0.15, 0.2) is 0 Å². The highest BCUT2D eigenvalue weighted by molar-refractivity contribution is 7.88. The van der Waals surface area contributed by atoms with E-state index >= 15 is 0 Å². The number of sulfonamides is 1. The van der Waals surface area contributed by atoms with Gasteiger partial charge in [0.05, 0.1) is 6.26 Å². The molecule has 2 unspecified atom stereocenters. The highest BCUT2D eigenvalue weighted by atomic mass is 32.2. The maximum absolute atomic E-state index is 11.2. The Morgan fingerprint density at radius 1 is 1.29 bits per heavy atom. The second-order valence-electron chi connectivity index (χ2n) is 4.26. The van der Waals surface area contributed by atoms with Crippen molar-refractivity contribution in [1.82, 2.24) is 4.72 Å². The lowest BCUT2D eigenvalue weighted by molar-refractivity contribution is 0.464. The van der Waals surface area contributed by atoms with Gasteiger partial charge >= 0.3 is 0 Å². The fraction of sp³-hybridized carbons (Fsp3) is 0.500. The average molecular weight is 256 g/mol. The van der Waals surface area contributed by atoms with Gasteiger partial charge in [-0.3, -0.25) is 0 Å². The van der Waals surface area contributed by atoms with Gasteiger partial charge in [-0.15, -0.1) is 0 Å². The van der Waals surface area contributed by atoms with Crippen molar-refractivity contribution in [3.63, 3.8) is 0 Å². The minimum absolute atomic E-state index is 0.211. The third kappa shape index (κ3) is 5.30. The Bertz CT molecular complexity index is 431. The van der Waals surface area contributed by atoms with Crippen LogP contribution in [0, 0.1) is 0 Å². The summed E-state index contributed by atoms with van der Waals surface area (Å²) in [7, 11) is -3.20. The van der Waals surface area contributed by atoms with Gasteiger partial charge in [0.2, 0.25) is 10.0 Å². The van der Waals surface area contributed by atoms with E-state index in [-0.39, 0.29) is 12.1 Å². The summed E-state index contributed by atoms with van der Waals surface area (Å²) in [5, 5.41) is 0. The van der Waals surface area contributed by atoms with Crippen molar-refractivity contribution in [2.45, 2.75) is 31.8 Å². The second-order valence-corrected chi connectivity index (χ2v) is 6.04. The molecule has 0 aliphatic heterocycles. The van der Waals surface area contributed by atoms with Crippen LogP contribution in [0.5, 0.6) is 0 Å². The number of nitrogens with one attached hydrogen (secondary N) is 1. The first-order valence-electron chi connectivity index (χ1n) is 5.69. The molecule has 1 rings (SSSR count). The van der Waals surface area contributed by atoms with Crippen LogP contribution in [0.25, 0.3) is 0 Å². The Balaban J connectivity index is 2.64. The Kier molecular flexibility index (Phi) is 5.11. The molecule has 0 aromatic heterocycles. The predicted molar refractivity (Wildman–Crippen MR) is 70.2 cm³/mol. The lowest BCUT2D eigenvalue weighted by atomic mass is 9.99. The summed E-state index contributed by atoms with van der Waals surface area (Å²) in [5.74, 6) is 0. The summed E-state index contributed by atoms with van der Waals surface area (Å²) in [5.41, 5.74) is 7.16. The molecule has 0 heterocycles. The smallest absolute Gasteiger partial charge is 0.209 e. The van der Waals surface area contributed by atoms with Crippen molar-refractivity contribution in [1.29, 1.82) is 0 Å². The number of benzene rings is 1. The Labute approximate surface area is 103 Å². The lowest BCUT2D eigenvalue weighted by Gasteiger charge is -2.23. The highest BCUT2D eigenvalue weighted by Gasteiger charge is 2.19. The van der Waals surface area contributed by atoms with E-state index in [2.05, 4.69) is 4.72 Å². The summed E-state index contributed by atoms with van der Waals surface area (Å²) in [4.78, 5) is 0. The van der Waals surface area contributed by atoms with Crippen LogP contribution in [0.1, 0.15) is 18.9 Å². The van der Waals surface area contributed by atoms with E-state index in [4.69, 9.17) is 5.73 Å². The number of rotatable bonds is 6. The fourth-order valence-corrected chi connectivity index (χ4v) is 2.67. The first kappa shape index (κ1) is 14.2. The first-order valence-corrected chi connectivity index (χ1v) is 7.58. The zero-order valence-electron chi connectivity index (χ0n) is 10.3. The SMILES string of the molecule is CCC(NS(C)(=O)=O)C(N)Cc1ccccc1. The minimum atomic E-state index is -3.20. The summed E-state index contributed by atoms with van der Waals surface area (Å²) in [6.45, 7) is 1.92. The zero-order chi connectivity index (χ0) is 12.9. The third-order valence-electron chi connectivity index (χ3n) is 2.64. The van der Waals surface area contributed by atoms with E-state index in [1.807, 2.05) is 37.3 Å². The molecule has 0 spiro atoms. The van der Waals surface area contributed by atoms with Crippen molar-refractivity contribution in [3.8, 4) is 0 Å². The van der Waals surface area contributed by atoms with Crippen molar-refractivity contribution >= 4 is 10.0 Å².